The molecule has 0 spiro atoms. The molecule has 1 aromatic rings. The van der Waals surface area contributed by atoms with Gasteiger partial charge in [-0.15, -0.1) is 12.4 Å². The lowest BCUT2D eigenvalue weighted by atomic mass is 10.1. The highest BCUT2D eigenvalue weighted by Gasteiger charge is 2.45. The lowest BCUT2D eigenvalue weighted by Crippen LogP contribution is -2.35. The highest BCUT2D eigenvalue weighted by Crippen LogP contribution is 2.48. The lowest BCUT2D eigenvalue weighted by Gasteiger charge is -2.14. The van der Waals surface area contributed by atoms with E-state index in [1.165, 1.54) is 0 Å². The maximum Gasteiger partial charge on any atom is 0.223 e. The van der Waals surface area contributed by atoms with Crippen molar-refractivity contribution in [2.24, 2.45) is 11.8 Å². The standard InChI is InChI=1S/C15H18F2N2O2.ClH/c16-9-1-2-13(17)11(3-9)10-4-12(10)15(21)19-6-8-5-18-7-14(8)20;/h1-3,8,10,12,14,18,20H,4-7H2,(H,19,21);1H. The van der Waals surface area contributed by atoms with E-state index in [4.69, 9.17) is 0 Å². The van der Waals surface area contributed by atoms with E-state index in [2.05, 4.69) is 10.6 Å². The van der Waals surface area contributed by atoms with Crippen molar-refractivity contribution < 1.29 is 18.7 Å². The van der Waals surface area contributed by atoms with Gasteiger partial charge in [0.2, 0.25) is 5.91 Å². The molecular weight excluding hydrogens is 314 g/mol. The molecule has 1 heterocycles. The number of carbonyl (C=O) groups is 1. The van der Waals surface area contributed by atoms with Gasteiger partial charge < -0.3 is 15.7 Å². The predicted molar refractivity (Wildman–Crippen MR) is 79.8 cm³/mol. The monoisotopic (exact) mass is 332 g/mol. The summed E-state index contributed by atoms with van der Waals surface area (Å²) in [5.74, 6) is -1.63. The molecule has 0 aromatic heterocycles. The van der Waals surface area contributed by atoms with Crippen LogP contribution in [0.1, 0.15) is 17.9 Å². The molecule has 1 amide bonds. The van der Waals surface area contributed by atoms with E-state index in [1.807, 2.05) is 0 Å². The maximum absolute atomic E-state index is 13.6. The fourth-order valence-electron chi connectivity index (χ4n) is 2.92. The van der Waals surface area contributed by atoms with Crippen LogP contribution in [0.5, 0.6) is 0 Å². The molecule has 3 rings (SSSR count). The minimum Gasteiger partial charge on any atom is -0.391 e. The van der Waals surface area contributed by atoms with Crippen LogP contribution in [-0.4, -0.2) is 36.8 Å². The van der Waals surface area contributed by atoms with Gasteiger partial charge in [0.05, 0.1) is 6.10 Å². The summed E-state index contributed by atoms with van der Waals surface area (Å²) in [4.78, 5) is 12.0. The number of hydrogen-bond acceptors (Lipinski definition) is 3. The molecule has 7 heteroatoms. The van der Waals surface area contributed by atoms with Crippen molar-refractivity contribution in [3.63, 3.8) is 0 Å². The minimum atomic E-state index is -0.488. The second kappa shape index (κ2) is 6.89. The van der Waals surface area contributed by atoms with Crippen LogP contribution >= 0.6 is 12.4 Å². The van der Waals surface area contributed by atoms with Crippen LogP contribution in [0.25, 0.3) is 0 Å². The number of rotatable bonds is 4. The van der Waals surface area contributed by atoms with Crippen molar-refractivity contribution >= 4 is 18.3 Å². The molecule has 122 valence electrons. The number of β-amino-alcohol motifs (C(OH)–C–C–N with tert-alkyl or cyclic N) is 1. The average molecular weight is 333 g/mol. The number of nitrogens with one attached hydrogen (secondary N) is 2. The summed E-state index contributed by atoms with van der Waals surface area (Å²) in [6, 6.07) is 3.33. The SMILES string of the molecule is Cl.O=C(NCC1CNCC1O)C1CC1c1cc(F)ccc1F. The summed E-state index contributed by atoms with van der Waals surface area (Å²) in [5, 5.41) is 15.5. The molecule has 4 atom stereocenters. The smallest absolute Gasteiger partial charge is 0.223 e. The Bertz CT molecular complexity index is 558. The zero-order chi connectivity index (χ0) is 15.0. The summed E-state index contributed by atoms with van der Waals surface area (Å²) < 4.78 is 26.8. The molecule has 3 N–H and O–H groups in total. The fraction of sp³-hybridized carbons (Fsp3) is 0.533. The molecule has 2 fully saturated rings. The summed E-state index contributed by atoms with van der Waals surface area (Å²) in [5.41, 5.74) is 0.276. The van der Waals surface area contributed by atoms with Crippen molar-refractivity contribution in [3.8, 4) is 0 Å². The van der Waals surface area contributed by atoms with Gasteiger partial charge in [-0.3, -0.25) is 4.79 Å². The summed E-state index contributed by atoms with van der Waals surface area (Å²) in [6.07, 6.45) is 0.0958. The van der Waals surface area contributed by atoms with Crippen molar-refractivity contribution in [2.75, 3.05) is 19.6 Å². The molecule has 0 bridgehead atoms. The number of aliphatic hydroxyl groups is 1. The van der Waals surface area contributed by atoms with Crippen LogP contribution in [0.15, 0.2) is 18.2 Å². The van der Waals surface area contributed by atoms with Gasteiger partial charge in [0.25, 0.3) is 0 Å². The number of aliphatic hydroxyl groups excluding tert-OH is 1. The largest absolute Gasteiger partial charge is 0.391 e. The predicted octanol–water partition coefficient (Wildman–Crippen LogP) is 1.19. The first-order valence-corrected chi connectivity index (χ1v) is 7.17. The van der Waals surface area contributed by atoms with E-state index in [-0.39, 0.29) is 41.6 Å². The quantitative estimate of drug-likeness (QED) is 0.776. The lowest BCUT2D eigenvalue weighted by molar-refractivity contribution is -0.122. The second-order valence-corrected chi connectivity index (χ2v) is 5.85. The molecule has 4 nitrogen and oxygen atoms in total. The van der Waals surface area contributed by atoms with E-state index < -0.39 is 17.7 Å². The molecule has 1 aromatic carbocycles. The Labute approximate surface area is 133 Å². The zero-order valence-corrected chi connectivity index (χ0v) is 12.7. The van der Waals surface area contributed by atoms with Gasteiger partial charge in [-0.2, -0.15) is 0 Å². The number of hydrogen-bond donors (Lipinski definition) is 3. The highest BCUT2D eigenvalue weighted by atomic mass is 35.5. The van der Waals surface area contributed by atoms with Gasteiger partial charge in [0, 0.05) is 31.5 Å². The van der Waals surface area contributed by atoms with Crippen LogP contribution in [0, 0.1) is 23.5 Å². The fourth-order valence-corrected chi connectivity index (χ4v) is 2.92. The van der Waals surface area contributed by atoms with Crippen LogP contribution in [0.4, 0.5) is 8.78 Å². The van der Waals surface area contributed by atoms with Gasteiger partial charge >= 0.3 is 0 Å². The number of amides is 1. The first-order valence-electron chi connectivity index (χ1n) is 7.17. The molecule has 1 saturated heterocycles. The number of halogens is 3. The molecule has 4 unspecified atom stereocenters. The molecule has 1 saturated carbocycles. The number of carbonyl (C=O) groups excluding carboxylic acids is 1. The van der Waals surface area contributed by atoms with Gasteiger partial charge in [-0.25, -0.2) is 8.78 Å². The molecule has 1 aliphatic carbocycles. The molecule has 22 heavy (non-hydrogen) atoms. The van der Waals surface area contributed by atoms with Crippen molar-refractivity contribution in [1.29, 1.82) is 0 Å². The van der Waals surface area contributed by atoms with Crippen LogP contribution in [-0.2, 0) is 4.79 Å². The maximum atomic E-state index is 13.6. The molecular formula is C15H19ClF2N2O2. The Balaban J connectivity index is 0.00000176. The van der Waals surface area contributed by atoms with Crippen LogP contribution < -0.4 is 10.6 Å². The van der Waals surface area contributed by atoms with Gasteiger partial charge in [0.1, 0.15) is 11.6 Å². The highest BCUT2D eigenvalue weighted by molar-refractivity contribution is 5.85. The molecule has 0 radical (unpaired) electrons. The molecule has 1 aliphatic heterocycles. The third kappa shape index (κ3) is 3.56. The van der Waals surface area contributed by atoms with E-state index in [0.29, 0.717) is 26.1 Å². The van der Waals surface area contributed by atoms with E-state index in [1.54, 1.807) is 0 Å². The Morgan fingerprint density at radius 2 is 2.14 bits per heavy atom. The van der Waals surface area contributed by atoms with Crippen molar-refractivity contribution in [1.82, 2.24) is 10.6 Å². The normalized spacial score (nSPS) is 29.8. The van der Waals surface area contributed by atoms with Crippen LogP contribution in [0.2, 0.25) is 0 Å². The van der Waals surface area contributed by atoms with E-state index in [0.717, 1.165) is 18.2 Å². The van der Waals surface area contributed by atoms with Gasteiger partial charge in [-0.05, 0) is 36.1 Å². The second-order valence-electron chi connectivity index (χ2n) is 5.85. The summed E-state index contributed by atoms with van der Waals surface area (Å²) >= 11 is 0. The summed E-state index contributed by atoms with van der Waals surface area (Å²) in [7, 11) is 0. The van der Waals surface area contributed by atoms with Crippen molar-refractivity contribution in [2.45, 2.75) is 18.4 Å². The Morgan fingerprint density at radius 1 is 1.36 bits per heavy atom. The average Bonchev–Trinajstić information content (AvgIpc) is 3.15. The first-order chi connectivity index (χ1) is 10.1. The Morgan fingerprint density at radius 3 is 2.82 bits per heavy atom. The van der Waals surface area contributed by atoms with Crippen molar-refractivity contribution in [3.05, 3.63) is 35.4 Å². The number of benzene rings is 1. The Kier molecular flexibility index (Phi) is 5.36. The topological polar surface area (TPSA) is 61.4 Å². The van der Waals surface area contributed by atoms with Gasteiger partial charge in [0.15, 0.2) is 0 Å². The minimum absolute atomic E-state index is 0. The third-order valence-electron chi connectivity index (χ3n) is 4.33. The van der Waals surface area contributed by atoms with E-state index >= 15 is 0 Å². The third-order valence-corrected chi connectivity index (χ3v) is 4.33. The van der Waals surface area contributed by atoms with E-state index in [9.17, 15) is 18.7 Å². The first kappa shape index (κ1) is 17.1. The molecule has 2 aliphatic rings. The Hall–Kier alpha value is -1.24. The van der Waals surface area contributed by atoms with Crippen LogP contribution in [0.3, 0.4) is 0 Å². The summed E-state index contributed by atoms with van der Waals surface area (Å²) in [6.45, 7) is 1.62. The van der Waals surface area contributed by atoms with Gasteiger partial charge in [-0.1, -0.05) is 0 Å². The zero-order valence-electron chi connectivity index (χ0n) is 11.9.